The second-order valence-corrected chi connectivity index (χ2v) is 6.26. The molecule has 1 aliphatic carbocycles. The molecule has 0 saturated heterocycles. The highest BCUT2D eigenvalue weighted by Crippen LogP contribution is 2.39. The molecule has 0 bridgehead atoms. The normalized spacial score (nSPS) is 15.1. The van der Waals surface area contributed by atoms with Crippen molar-refractivity contribution in [3.05, 3.63) is 10.9 Å². The summed E-state index contributed by atoms with van der Waals surface area (Å²) in [6.07, 6.45) is 2.06. The third kappa shape index (κ3) is 3.03. The number of rotatable bonds is 6. The van der Waals surface area contributed by atoms with E-state index in [0.717, 1.165) is 35.8 Å². The number of carbonyl (C=O) groups excluding carboxylic acids is 1. The Hall–Kier alpha value is -1.07. The van der Waals surface area contributed by atoms with Gasteiger partial charge in [0.05, 0.1) is 15.6 Å². The van der Waals surface area contributed by atoms with Gasteiger partial charge in [0, 0.05) is 26.1 Å². The van der Waals surface area contributed by atoms with E-state index in [1.54, 1.807) is 0 Å². The first-order chi connectivity index (χ1) is 8.49. The Bertz CT molecular complexity index is 437. The van der Waals surface area contributed by atoms with Crippen molar-refractivity contribution < 1.29 is 4.79 Å². The lowest BCUT2D eigenvalue weighted by atomic mass is 10.2. The van der Waals surface area contributed by atoms with Crippen LogP contribution in [-0.2, 0) is 0 Å². The second kappa shape index (κ2) is 5.28. The van der Waals surface area contributed by atoms with Crippen LogP contribution in [0.2, 0.25) is 0 Å². The van der Waals surface area contributed by atoms with Crippen molar-refractivity contribution in [2.75, 3.05) is 44.9 Å². The van der Waals surface area contributed by atoms with E-state index < -0.39 is 0 Å². The Morgan fingerprint density at radius 3 is 2.61 bits per heavy atom. The van der Waals surface area contributed by atoms with Crippen LogP contribution in [0.4, 0.5) is 10.7 Å². The highest BCUT2D eigenvalue weighted by atomic mass is 32.1. The monoisotopic (exact) mass is 267 g/mol. The summed E-state index contributed by atoms with van der Waals surface area (Å²) in [7, 11) is 6.15. The van der Waals surface area contributed by atoms with Gasteiger partial charge in [0.25, 0.3) is 0 Å². The van der Waals surface area contributed by atoms with E-state index in [1.165, 1.54) is 11.3 Å². The third-order valence-corrected chi connectivity index (χ3v) is 4.46. The molecule has 2 N–H and O–H groups in total. The molecule has 18 heavy (non-hydrogen) atoms. The number of nitrogen functional groups attached to an aromatic ring is 1. The number of ketones is 1. The average Bonchev–Trinajstić information content (AvgIpc) is 3.08. The highest BCUT2D eigenvalue weighted by Gasteiger charge is 2.32. The lowest BCUT2D eigenvalue weighted by Gasteiger charge is -2.19. The number of nitrogens with two attached hydrogens (primary N) is 1. The van der Waals surface area contributed by atoms with E-state index in [1.807, 2.05) is 13.1 Å². The number of Topliss-reactive ketones (excluding diaryl/α,β-unsaturated/α-hetero) is 1. The molecule has 0 aliphatic heterocycles. The minimum absolute atomic E-state index is 0.241. The van der Waals surface area contributed by atoms with Crippen LogP contribution in [0.15, 0.2) is 6.07 Å². The van der Waals surface area contributed by atoms with Crippen molar-refractivity contribution in [1.29, 1.82) is 0 Å². The summed E-state index contributed by atoms with van der Waals surface area (Å²) < 4.78 is 0. The fourth-order valence-corrected chi connectivity index (χ4v) is 2.85. The third-order valence-electron chi connectivity index (χ3n) is 3.18. The molecule has 5 heteroatoms. The van der Waals surface area contributed by atoms with E-state index >= 15 is 0 Å². The number of hydrogen-bond donors (Lipinski definition) is 1. The van der Waals surface area contributed by atoms with Gasteiger partial charge in [-0.3, -0.25) is 4.79 Å². The lowest BCUT2D eigenvalue weighted by molar-refractivity contribution is 0.0972. The molecule has 1 aromatic heterocycles. The number of anilines is 2. The zero-order valence-electron chi connectivity index (χ0n) is 11.3. The molecule has 0 unspecified atom stereocenters. The van der Waals surface area contributed by atoms with Gasteiger partial charge in [-0.1, -0.05) is 0 Å². The number of likely N-dealkylation sites (N-methyl/N-ethyl adjacent to an activating group) is 2. The van der Waals surface area contributed by atoms with Gasteiger partial charge in [-0.05, 0) is 33.0 Å². The molecule has 100 valence electrons. The van der Waals surface area contributed by atoms with Crippen LogP contribution in [0, 0.1) is 5.92 Å². The number of carbonyl (C=O) groups is 1. The van der Waals surface area contributed by atoms with Gasteiger partial charge in [-0.2, -0.15) is 0 Å². The van der Waals surface area contributed by atoms with Crippen LogP contribution in [0.25, 0.3) is 0 Å². The van der Waals surface area contributed by atoms with Crippen LogP contribution in [0.3, 0.4) is 0 Å². The molecule has 1 aliphatic rings. The second-order valence-electron chi connectivity index (χ2n) is 5.23. The maximum absolute atomic E-state index is 12.0. The summed E-state index contributed by atoms with van der Waals surface area (Å²) >= 11 is 1.53. The molecule has 1 fully saturated rings. The maximum atomic E-state index is 12.0. The standard InChI is InChI=1S/C13H21N3OS/c1-15(2)6-7-16(3)11-8-10(14)13(18-11)12(17)9-4-5-9/h8-9H,4-7,14H2,1-3H3. The van der Waals surface area contributed by atoms with E-state index in [9.17, 15) is 4.79 Å². The first kappa shape index (κ1) is 13.4. The van der Waals surface area contributed by atoms with E-state index in [2.05, 4.69) is 23.9 Å². The van der Waals surface area contributed by atoms with E-state index in [0.29, 0.717) is 5.69 Å². The average molecular weight is 267 g/mol. The zero-order chi connectivity index (χ0) is 13.3. The minimum atomic E-state index is 0.241. The Labute approximate surface area is 112 Å². The van der Waals surface area contributed by atoms with Crippen molar-refractivity contribution in [3.63, 3.8) is 0 Å². The van der Waals surface area contributed by atoms with Gasteiger partial charge in [-0.15, -0.1) is 11.3 Å². The smallest absolute Gasteiger partial charge is 0.178 e. The van der Waals surface area contributed by atoms with Crippen molar-refractivity contribution in [2.24, 2.45) is 5.92 Å². The fourth-order valence-electron chi connectivity index (χ4n) is 1.76. The van der Waals surface area contributed by atoms with Gasteiger partial charge in [0.2, 0.25) is 0 Å². The predicted octanol–water partition coefficient (Wildman–Crippen LogP) is 1.92. The van der Waals surface area contributed by atoms with Crippen LogP contribution in [-0.4, -0.2) is 44.9 Å². The largest absolute Gasteiger partial charge is 0.397 e. The Balaban J connectivity index is 2.05. The summed E-state index contributed by atoms with van der Waals surface area (Å²) in [5.74, 6) is 0.482. The summed E-state index contributed by atoms with van der Waals surface area (Å²) in [5.41, 5.74) is 6.60. The molecule has 2 rings (SSSR count). The summed E-state index contributed by atoms with van der Waals surface area (Å²) in [4.78, 5) is 17.1. The van der Waals surface area contributed by atoms with Crippen LogP contribution in [0.1, 0.15) is 22.5 Å². The summed E-state index contributed by atoms with van der Waals surface area (Å²) in [5, 5.41) is 1.08. The Morgan fingerprint density at radius 1 is 1.39 bits per heavy atom. The zero-order valence-corrected chi connectivity index (χ0v) is 12.1. The molecular weight excluding hydrogens is 246 g/mol. The van der Waals surface area contributed by atoms with Crippen molar-refractivity contribution in [3.8, 4) is 0 Å². The first-order valence-corrected chi connectivity index (χ1v) is 7.10. The van der Waals surface area contributed by atoms with Crippen molar-refractivity contribution in [1.82, 2.24) is 4.90 Å². The number of hydrogen-bond acceptors (Lipinski definition) is 5. The van der Waals surface area contributed by atoms with Crippen molar-refractivity contribution >= 4 is 27.8 Å². The van der Waals surface area contributed by atoms with Gasteiger partial charge < -0.3 is 15.5 Å². The Morgan fingerprint density at radius 2 is 2.06 bits per heavy atom. The number of nitrogens with zero attached hydrogens (tertiary/aromatic N) is 2. The van der Waals surface area contributed by atoms with Crippen LogP contribution < -0.4 is 10.6 Å². The van der Waals surface area contributed by atoms with E-state index in [4.69, 9.17) is 5.73 Å². The molecular formula is C13H21N3OS. The van der Waals surface area contributed by atoms with Gasteiger partial charge >= 0.3 is 0 Å². The van der Waals surface area contributed by atoms with E-state index in [-0.39, 0.29) is 11.7 Å². The molecule has 4 nitrogen and oxygen atoms in total. The maximum Gasteiger partial charge on any atom is 0.178 e. The molecule has 1 aromatic rings. The molecule has 0 amide bonds. The lowest BCUT2D eigenvalue weighted by Crippen LogP contribution is -2.27. The van der Waals surface area contributed by atoms with Gasteiger partial charge in [0.1, 0.15) is 0 Å². The molecule has 0 spiro atoms. The van der Waals surface area contributed by atoms with Gasteiger partial charge in [-0.25, -0.2) is 0 Å². The summed E-state index contributed by atoms with van der Waals surface area (Å²) in [6.45, 7) is 1.92. The topological polar surface area (TPSA) is 49.6 Å². The van der Waals surface area contributed by atoms with Crippen LogP contribution in [0.5, 0.6) is 0 Å². The molecule has 0 aromatic carbocycles. The molecule has 0 atom stereocenters. The molecule has 0 radical (unpaired) electrons. The predicted molar refractivity (Wildman–Crippen MR) is 77.6 cm³/mol. The molecule has 1 saturated carbocycles. The minimum Gasteiger partial charge on any atom is -0.397 e. The highest BCUT2D eigenvalue weighted by molar-refractivity contribution is 7.18. The SMILES string of the molecule is CN(C)CCN(C)c1cc(N)c(C(=O)C2CC2)s1. The first-order valence-electron chi connectivity index (χ1n) is 6.28. The number of thiophene rings is 1. The van der Waals surface area contributed by atoms with Gasteiger partial charge in [0.15, 0.2) is 5.78 Å². The molecule has 1 heterocycles. The Kier molecular flexibility index (Phi) is 3.92. The quantitative estimate of drug-likeness (QED) is 0.800. The summed E-state index contributed by atoms with van der Waals surface area (Å²) in [6, 6.07) is 1.93. The van der Waals surface area contributed by atoms with Crippen LogP contribution >= 0.6 is 11.3 Å². The van der Waals surface area contributed by atoms with Crippen molar-refractivity contribution in [2.45, 2.75) is 12.8 Å². The fraction of sp³-hybridized carbons (Fsp3) is 0.615.